The minimum Gasteiger partial charge on any atom is -0.475 e. The molecule has 1 unspecified atom stereocenters. The van der Waals surface area contributed by atoms with E-state index < -0.39 is 0 Å². The van der Waals surface area contributed by atoms with E-state index in [1.165, 1.54) is 12.8 Å². The zero-order valence-corrected chi connectivity index (χ0v) is 10.4. The van der Waals surface area contributed by atoms with Crippen LogP contribution in [0, 0.1) is 18.3 Å². The van der Waals surface area contributed by atoms with Crippen LogP contribution in [-0.2, 0) is 7.05 Å². The van der Waals surface area contributed by atoms with E-state index in [1.54, 1.807) is 11.7 Å². The summed E-state index contributed by atoms with van der Waals surface area (Å²) in [7, 11) is 1.80. The second-order valence-electron chi connectivity index (χ2n) is 4.46. The van der Waals surface area contributed by atoms with Crippen molar-refractivity contribution >= 4 is 0 Å². The van der Waals surface area contributed by atoms with Crippen LogP contribution in [0.1, 0.15) is 30.5 Å². The Morgan fingerprint density at radius 3 is 3.06 bits per heavy atom. The van der Waals surface area contributed by atoms with Crippen molar-refractivity contribution in [1.29, 1.82) is 5.26 Å². The van der Waals surface area contributed by atoms with E-state index in [-0.39, 0.29) is 0 Å². The van der Waals surface area contributed by atoms with Gasteiger partial charge < -0.3 is 10.1 Å². The first kappa shape index (κ1) is 11.9. The van der Waals surface area contributed by atoms with Gasteiger partial charge in [-0.2, -0.15) is 10.4 Å². The van der Waals surface area contributed by atoms with E-state index in [1.807, 2.05) is 6.92 Å². The van der Waals surface area contributed by atoms with Crippen LogP contribution in [0.3, 0.4) is 0 Å². The highest BCUT2D eigenvalue weighted by atomic mass is 16.5. The van der Waals surface area contributed by atoms with Crippen molar-refractivity contribution in [3.05, 3.63) is 11.3 Å². The predicted octanol–water partition coefficient (Wildman–Crippen LogP) is 1.12. The standard InChI is InChI=1S/C12H18N4O/c1-9-11(7-13)12(16(2)15-9)17-8-10-5-3-4-6-14-10/h10,14H,3-6,8H2,1-2H3. The normalized spacial score (nSPS) is 19.9. The highest BCUT2D eigenvalue weighted by molar-refractivity contribution is 5.41. The Labute approximate surface area is 101 Å². The lowest BCUT2D eigenvalue weighted by atomic mass is 10.1. The van der Waals surface area contributed by atoms with Gasteiger partial charge in [-0.05, 0) is 26.3 Å². The zero-order valence-electron chi connectivity index (χ0n) is 10.4. The van der Waals surface area contributed by atoms with Crippen molar-refractivity contribution < 1.29 is 4.74 Å². The predicted molar refractivity (Wildman–Crippen MR) is 63.8 cm³/mol. The Balaban J connectivity index is 2.01. The van der Waals surface area contributed by atoms with Crippen LogP contribution in [-0.4, -0.2) is 29.0 Å². The van der Waals surface area contributed by atoms with Crippen LogP contribution in [0.2, 0.25) is 0 Å². The van der Waals surface area contributed by atoms with E-state index in [9.17, 15) is 0 Å². The summed E-state index contributed by atoms with van der Waals surface area (Å²) in [6, 6.07) is 2.54. The highest BCUT2D eigenvalue weighted by Crippen LogP contribution is 2.20. The fraction of sp³-hybridized carbons (Fsp3) is 0.667. The SMILES string of the molecule is Cc1nn(C)c(OCC2CCCCN2)c1C#N. The highest BCUT2D eigenvalue weighted by Gasteiger charge is 2.17. The molecule has 1 atom stereocenters. The summed E-state index contributed by atoms with van der Waals surface area (Å²) in [4.78, 5) is 0. The molecule has 1 aliphatic rings. The van der Waals surface area contributed by atoms with Gasteiger partial charge in [-0.25, -0.2) is 4.68 Å². The molecule has 0 aromatic carbocycles. The number of hydrogen-bond acceptors (Lipinski definition) is 4. The first-order chi connectivity index (χ1) is 8.22. The maximum absolute atomic E-state index is 9.05. The van der Waals surface area contributed by atoms with Gasteiger partial charge in [0.15, 0.2) is 0 Å². The number of aromatic nitrogens is 2. The molecule has 5 heteroatoms. The summed E-state index contributed by atoms with van der Waals surface area (Å²) in [5.41, 5.74) is 1.27. The van der Waals surface area contributed by atoms with Gasteiger partial charge in [0, 0.05) is 13.1 Å². The summed E-state index contributed by atoms with van der Waals surface area (Å²) < 4.78 is 7.37. The molecule has 0 spiro atoms. The van der Waals surface area contributed by atoms with Crippen molar-refractivity contribution in [2.45, 2.75) is 32.2 Å². The fourth-order valence-electron chi connectivity index (χ4n) is 2.18. The van der Waals surface area contributed by atoms with Gasteiger partial charge in [-0.3, -0.25) is 0 Å². The Morgan fingerprint density at radius 1 is 1.59 bits per heavy atom. The molecule has 92 valence electrons. The summed E-state index contributed by atoms with van der Waals surface area (Å²) in [6.07, 6.45) is 3.63. The van der Waals surface area contributed by atoms with Crippen molar-refractivity contribution in [3.63, 3.8) is 0 Å². The minimum absolute atomic E-state index is 0.394. The van der Waals surface area contributed by atoms with Crippen LogP contribution in [0.4, 0.5) is 0 Å². The number of aryl methyl sites for hydroxylation is 2. The lowest BCUT2D eigenvalue weighted by molar-refractivity contribution is 0.223. The largest absolute Gasteiger partial charge is 0.475 e. The molecule has 0 amide bonds. The number of piperidine rings is 1. The lowest BCUT2D eigenvalue weighted by Crippen LogP contribution is -2.38. The molecule has 1 aromatic rings. The number of nitriles is 1. The van der Waals surface area contributed by atoms with Crippen LogP contribution < -0.4 is 10.1 Å². The first-order valence-corrected chi connectivity index (χ1v) is 6.02. The first-order valence-electron chi connectivity index (χ1n) is 6.02. The van der Waals surface area contributed by atoms with Gasteiger partial charge in [0.25, 0.3) is 0 Å². The quantitative estimate of drug-likeness (QED) is 0.851. The molecule has 2 heterocycles. The van der Waals surface area contributed by atoms with Crippen LogP contribution in [0.25, 0.3) is 0 Å². The lowest BCUT2D eigenvalue weighted by Gasteiger charge is -2.23. The van der Waals surface area contributed by atoms with E-state index >= 15 is 0 Å². The van der Waals surface area contributed by atoms with Crippen molar-refractivity contribution in [2.24, 2.45) is 7.05 Å². The average Bonchev–Trinajstić information content (AvgIpc) is 2.62. The number of hydrogen-bond donors (Lipinski definition) is 1. The molecule has 1 aromatic heterocycles. The molecule has 0 bridgehead atoms. The van der Waals surface area contributed by atoms with Gasteiger partial charge in [0.1, 0.15) is 18.2 Å². The molecule has 1 saturated heterocycles. The Kier molecular flexibility index (Phi) is 3.64. The van der Waals surface area contributed by atoms with Gasteiger partial charge in [0.05, 0.1) is 5.69 Å². The Bertz CT molecular complexity index is 426. The van der Waals surface area contributed by atoms with Crippen molar-refractivity contribution in [2.75, 3.05) is 13.2 Å². The zero-order chi connectivity index (χ0) is 12.3. The van der Waals surface area contributed by atoms with Crippen LogP contribution in [0.5, 0.6) is 5.88 Å². The summed E-state index contributed by atoms with van der Waals surface area (Å²) in [6.45, 7) is 3.49. The molecule has 1 fully saturated rings. The summed E-state index contributed by atoms with van der Waals surface area (Å²) in [5.74, 6) is 0.581. The molecule has 0 aliphatic carbocycles. The van der Waals surface area contributed by atoms with Crippen molar-refractivity contribution in [3.8, 4) is 11.9 Å². The third-order valence-corrected chi connectivity index (χ3v) is 3.11. The van der Waals surface area contributed by atoms with Crippen LogP contribution in [0.15, 0.2) is 0 Å². The maximum atomic E-state index is 9.05. The molecule has 2 rings (SSSR count). The number of ether oxygens (including phenoxy) is 1. The van der Waals surface area contributed by atoms with Gasteiger partial charge in [-0.1, -0.05) is 6.42 Å². The van der Waals surface area contributed by atoms with E-state index in [4.69, 9.17) is 10.00 Å². The second-order valence-corrected chi connectivity index (χ2v) is 4.46. The topological polar surface area (TPSA) is 62.9 Å². The fourth-order valence-corrected chi connectivity index (χ4v) is 2.18. The molecular formula is C12H18N4O. The Morgan fingerprint density at radius 2 is 2.41 bits per heavy atom. The molecule has 5 nitrogen and oxygen atoms in total. The average molecular weight is 234 g/mol. The molecule has 1 aliphatic heterocycles. The minimum atomic E-state index is 0.394. The molecule has 1 N–H and O–H groups in total. The maximum Gasteiger partial charge on any atom is 0.230 e. The van der Waals surface area contributed by atoms with Gasteiger partial charge >= 0.3 is 0 Å². The third kappa shape index (κ3) is 2.59. The number of rotatable bonds is 3. The Hall–Kier alpha value is -1.54. The molecule has 0 radical (unpaired) electrons. The monoisotopic (exact) mass is 234 g/mol. The molecule has 17 heavy (non-hydrogen) atoms. The van der Waals surface area contributed by atoms with Crippen LogP contribution >= 0.6 is 0 Å². The van der Waals surface area contributed by atoms with Gasteiger partial charge in [0.2, 0.25) is 5.88 Å². The van der Waals surface area contributed by atoms with E-state index in [0.29, 0.717) is 24.1 Å². The summed E-state index contributed by atoms with van der Waals surface area (Å²) in [5, 5.41) is 16.7. The van der Waals surface area contributed by atoms with Gasteiger partial charge in [-0.15, -0.1) is 0 Å². The second kappa shape index (κ2) is 5.19. The van der Waals surface area contributed by atoms with Crippen molar-refractivity contribution in [1.82, 2.24) is 15.1 Å². The smallest absolute Gasteiger partial charge is 0.230 e. The van der Waals surface area contributed by atoms with E-state index in [2.05, 4.69) is 16.5 Å². The molecule has 0 saturated carbocycles. The molecular weight excluding hydrogens is 216 g/mol. The summed E-state index contributed by atoms with van der Waals surface area (Å²) >= 11 is 0. The number of nitrogens with one attached hydrogen (secondary N) is 1. The number of nitrogens with zero attached hydrogens (tertiary/aromatic N) is 3. The van der Waals surface area contributed by atoms with E-state index in [0.717, 1.165) is 18.7 Å². The third-order valence-electron chi connectivity index (χ3n) is 3.11.